The number of para-hydroxylation sites is 2. The summed E-state index contributed by atoms with van der Waals surface area (Å²) in [4.78, 5) is 26.1. The standard InChI is InChI=1S/C12H7N3O5S/c16-11(17)9-10(13-12-14(9)5-6-21-12)20-8-4-2-1-3-7(8)15(18)19/h1-6H,(H,16,17). The van der Waals surface area contributed by atoms with Crippen LogP contribution in [0.4, 0.5) is 5.69 Å². The molecular formula is C12H7N3O5S. The number of imidazole rings is 1. The number of rotatable bonds is 4. The van der Waals surface area contributed by atoms with Crippen LogP contribution in [0.3, 0.4) is 0 Å². The molecule has 106 valence electrons. The molecule has 3 aromatic rings. The van der Waals surface area contributed by atoms with Gasteiger partial charge < -0.3 is 9.84 Å². The van der Waals surface area contributed by atoms with Crippen molar-refractivity contribution in [1.82, 2.24) is 9.38 Å². The fourth-order valence-electron chi connectivity index (χ4n) is 1.83. The van der Waals surface area contributed by atoms with E-state index in [9.17, 15) is 20.0 Å². The van der Waals surface area contributed by atoms with Gasteiger partial charge in [0.25, 0.3) is 5.88 Å². The molecule has 0 aliphatic rings. The van der Waals surface area contributed by atoms with E-state index >= 15 is 0 Å². The van der Waals surface area contributed by atoms with Crippen LogP contribution in [0.25, 0.3) is 4.96 Å². The molecule has 0 unspecified atom stereocenters. The normalized spacial score (nSPS) is 10.7. The zero-order chi connectivity index (χ0) is 15.0. The van der Waals surface area contributed by atoms with Crippen molar-refractivity contribution in [3.05, 3.63) is 51.7 Å². The molecule has 0 bridgehead atoms. The van der Waals surface area contributed by atoms with E-state index in [0.717, 1.165) is 0 Å². The predicted molar refractivity (Wildman–Crippen MR) is 73.2 cm³/mol. The number of fused-ring (bicyclic) bond motifs is 1. The van der Waals surface area contributed by atoms with Gasteiger partial charge in [-0.1, -0.05) is 12.1 Å². The first-order valence-corrected chi connectivity index (χ1v) is 6.56. The van der Waals surface area contributed by atoms with Crippen LogP contribution in [0, 0.1) is 10.1 Å². The van der Waals surface area contributed by atoms with Crippen molar-refractivity contribution in [1.29, 1.82) is 0 Å². The summed E-state index contributed by atoms with van der Waals surface area (Å²) in [5.74, 6) is -1.46. The lowest BCUT2D eigenvalue weighted by atomic mass is 10.3. The summed E-state index contributed by atoms with van der Waals surface area (Å²) in [6.45, 7) is 0. The van der Waals surface area contributed by atoms with Crippen molar-refractivity contribution < 1.29 is 19.6 Å². The monoisotopic (exact) mass is 305 g/mol. The van der Waals surface area contributed by atoms with Gasteiger partial charge in [-0.05, 0) is 6.07 Å². The summed E-state index contributed by atoms with van der Waals surface area (Å²) < 4.78 is 6.72. The van der Waals surface area contributed by atoms with Crippen LogP contribution in [-0.4, -0.2) is 25.4 Å². The first kappa shape index (κ1) is 13.1. The molecular weight excluding hydrogens is 298 g/mol. The predicted octanol–water partition coefficient (Wildman–Crippen LogP) is 2.79. The number of hydrogen-bond acceptors (Lipinski definition) is 6. The maximum absolute atomic E-state index is 11.3. The maximum atomic E-state index is 11.3. The minimum atomic E-state index is -1.23. The maximum Gasteiger partial charge on any atom is 0.358 e. The number of thiazole rings is 1. The third-order valence-electron chi connectivity index (χ3n) is 2.70. The average Bonchev–Trinajstić information content (AvgIpc) is 2.98. The van der Waals surface area contributed by atoms with Gasteiger partial charge in [0.1, 0.15) is 0 Å². The van der Waals surface area contributed by atoms with E-state index < -0.39 is 10.9 Å². The van der Waals surface area contributed by atoms with Crippen LogP contribution >= 0.6 is 11.3 Å². The second kappa shape index (κ2) is 4.87. The molecule has 9 heteroatoms. The van der Waals surface area contributed by atoms with Gasteiger partial charge in [-0.25, -0.2) is 4.79 Å². The van der Waals surface area contributed by atoms with Crippen LogP contribution in [-0.2, 0) is 0 Å². The Morgan fingerprint density at radius 2 is 2.19 bits per heavy atom. The van der Waals surface area contributed by atoms with Crippen molar-refractivity contribution in [2.45, 2.75) is 0 Å². The zero-order valence-corrected chi connectivity index (χ0v) is 11.1. The zero-order valence-electron chi connectivity index (χ0n) is 10.3. The molecule has 0 saturated carbocycles. The molecule has 0 spiro atoms. The Balaban J connectivity index is 2.10. The lowest BCUT2D eigenvalue weighted by Crippen LogP contribution is -2.03. The SMILES string of the molecule is O=C(O)c1c(Oc2ccccc2[N+](=O)[O-])nc2sccn12. The molecule has 0 aliphatic heterocycles. The Labute approximate surface area is 121 Å². The van der Waals surface area contributed by atoms with Crippen LogP contribution in [0.5, 0.6) is 11.6 Å². The molecule has 2 heterocycles. The van der Waals surface area contributed by atoms with Crippen LogP contribution in [0.1, 0.15) is 10.5 Å². The van der Waals surface area contributed by atoms with Gasteiger partial charge in [-0.2, -0.15) is 4.98 Å². The Kier molecular flexibility index (Phi) is 3.03. The topological polar surface area (TPSA) is 107 Å². The third kappa shape index (κ3) is 2.19. The molecule has 1 aromatic carbocycles. The molecule has 0 radical (unpaired) electrons. The fourth-order valence-corrected chi connectivity index (χ4v) is 2.54. The first-order valence-electron chi connectivity index (χ1n) is 5.68. The minimum absolute atomic E-state index is 0.0595. The quantitative estimate of drug-likeness (QED) is 0.586. The summed E-state index contributed by atoms with van der Waals surface area (Å²) in [6.07, 6.45) is 1.54. The number of aromatic carboxylic acids is 1. The molecule has 0 fully saturated rings. The van der Waals surface area contributed by atoms with Crippen molar-refractivity contribution in [2.75, 3.05) is 0 Å². The number of benzene rings is 1. The summed E-state index contributed by atoms with van der Waals surface area (Å²) in [5, 5.41) is 21.9. The molecule has 1 N–H and O–H groups in total. The van der Waals surface area contributed by atoms with Crippen molar-refractivity contribution >= 4 is 28.0 Å². The van der Waals surface area contributed by atoms with E-state index in [1.54, 1.807) is 17.6 Å². The smallest absolute Gasteiger partial charge is 0.358 e. The first-order chi connectivity index (χ1) is 10.1. The van der Waals surface area contributed by atoms with E-state index in [4.69, 9.17) is 4.74 Å². The van der Waals surface area contributed by atoms with Gasteiger partial charge in [-0.15, -0.1) is 11.3 Å². The second-order valence-corrected chi connectivity index (χ2v) is 4.83. The van der Waals surface area contributed by atoms with Gasteiger partial charge in [0, 0.05) is 17.6 Å². The van der Waals surface area contributed by atoms with E-state index in [0.29, 0.717) is 4.96 Å². The number of hydrogen-bond donors (Lipinski definition) is 1. The van der Waals surface area contributed by atoms with Crippen LogP contribution < -0.4 is 4.74 Å². The van der Waals surface area contributed by atoms with Crippen LogP contribution in [0.15, 0.2) is 35.8 Å². The average molecular weight is 305 g/mol. The van der Waals surface area contributed by atoms with Gasteiger partial charge in [0.2, 0.25) is 5.75 Å². The summed E-state index contributed by atoms with van der Waals surface area (Å²) in [6, 6.07) is 5.71. The van der Waals surface area contributed by atoms with E-state index in [1.807, 2.05) is 0 Å². The fraction of sp³-hybridized carbons (Fsp3) is 0. The van der Waals surface area contributed by atoms with Crippen molar-refractivity contribution in [3.8, 4) is 11.6 Å². The Hall–Kier alpha value is -2.94. The van der Waals surface area contributed by atoms with Crippen LogP contribution in [0.2, 0.25) is 0 Å². The van der Waals surface area contributed by atoms with Gasteiger partial charge in [-0.3, -0.25) is 14.5 Å². The highest BCUT2D eigenvalue weighted by atomic mass is 32.1. The second-order valence-electron chi connectivity index (χ2n) is 3.95. The third-order valence-corrected chi connectivity index (χ3v) is 3.46. The number of carboxylic acid groups (broad SMARTS) is 1. The van der Waals surface area contributed by atoms with Crippen molar-refractivity contribution in [3.63, 3.8) is 0 Å². The number of nitro benzene ring substituents is 1. The molecule has 0 amide bonds. The number of carbonyl (C=O) groups is 1. The Bertz CT molecular complexity index is 854. The largest absolute Gasteiger partial charge is 0.476 e. The lowest BCUT2D eigenvalue weighted by molar-refractivity contribution is -0.385. The Morgan fingerprint density at radius 1 is 1.43 bits per heavy atom. The number of aromatic nitrogens is 2. The molecule has 0 saturated heterocycles. The molecule has 2 aromatic heterocycles. The summed E-state index contributed by atoms with van der Waals surface area (Å²) in [5.41, 5.74) is -0.436. The van der Waals surface area contributed by atoms with Gasteiger partial charge in [0.05, 0.1) is 4.92 Å². The van der Waals surface area contributed by atoms with Crippen molar-refractivity contribution in [2.24, 2.45) is 0 Å². The number of ether oxygens (including phenoxy) is 1. The summed E-state index contributed by atoms with van der Waals surface area (Å²) >= 11 is 1.24. The van der Waals surface area contributed by atoms with Gasteiger partial charge >= 0.3 is 11.7 Å². The molecule has 8 nitrogen and oxygen atoms in total. The molecule has 21 heavy (non-hydrogen) atoms. The highest BCUT2D eigenvalue weighted by Crippen LogP contribution is 2.33. The minimum Gasteiger partial charge on any atom is -0.476 e. The Morgan fingerprint density at radius 3 is 2.90 bits per heavy atom. The van der Waals surface area contributed by atoms with Gasteiger partial charge in [0.15, 0.2) is 10.7 Å². The molecule has 0 aliphatic carbocycles. The molecule has 3 rings (SSSR count). The summed E-state index contributed by atoms with van der Waals surface area (Å²) in [7, 11) is 0. The molecule has 0 atom stereocenters. The van der Waals surface area contributed by atoms with E-state index in [-0.39, 0.29) is 23.0 Å². The number of carboxylic acids is 1. The van der Waals surface area contributed by atoms with E-state index in [1.165, 1.54) is 33.9 Å². The van der Waals surface area contributed by atoms with E-state index in [2.05, 4.69) is 4.98 Å². The highest BCUT2D eigenvalue weighted by Gasteiger charge is 2.24. The number of nitro groups is 1. The highest BCUT2D eigenvalue weighted by molar-refractivity contribution is 7.15. The lowest BCUT2D eigenvalue weighted by Gasteiger charge is -2.04. The number of nitrogens with zero attached hydrogens (tertiary/aromatic N) is 3.